The molecule has 2 heterocycles. The smallest absolute Gasteiger partial charge is 0.306 e. The number of cyclic esters (lactones) is 1. The fraction of sp³-hybridized carbons (Fsp3) is 0.500. The molecule has 8 nitrogen and oxygen atoms in total. The number of ether oxygens (including phenoxy) is 2. The Morgan fingerprint density at radius 1 is 1.35 bits per heavy atom. The summed E-state index contributed by atoms with van der Waals surface area (Å²) in [6, 6.07) is 2.56. The topological polar surface area (TPSA) is 130 Å². The Balaban J connectivity index is 2.19. The number of aromatic hydroxyl groups is 1. The average Bonchev–Trinajstić information content (AvgIpc) is 2.99. The van der Waals surface area contributed by atoms with Gasteiger partial charge in [-0.1, -0.05) is 0 Å². The summed E-state index contributed by atoms with van der Waals surface area (Å²) in [5, 5.41) is 30.7. The number of benzene rings is 1. The van der Waals surface area contributed by atoms with Gasteiger partial charge < -0.3 is 24.8 Å². The summed E-state index contributed by atoms with van der Waals surface area (Å²) in [4.78, 5) is 36.4. The van der Waals surface area contributed by atoms with Gasteiger partial charge in [-0.3, -0.25) is 14.4 Å². The van der Waals surface area contributed by atoms with E-state index >= 15 is 0 Å². The van der Waals surface area contributed by atoms with Crippen molar-refractivity contribution in [2.75, 3.05) is 0 Å². The molecule has 0 amide bonds. The van der Waals surface area contributed by atoms with Crippen LogP contribution in [0, 0.1) is 0 Å². The van der Waals surface area contributed by atoms with E-state index in [1.54, 1.807) is 0 Å². The number of phenolic OH excluding ortho intramolecular Hbond substituents is 1. The third-order valence-electron chi connectivity index (χ3n) is 5.07. The molecular formula is C18H20O8. The second-order valence-corrected chi connectivity index (χ2v) is 6.94. The summed E-state index contributed by atoms with van der Waals surface area (Å²) in [7, 11) is 0. The van der Waals surface area contributed by atoms with Crippen molar-refractivity contribution in [3.05, 3.63) is 23.3 Å². The van der Waals surface area contributed by atoms with E-state index in [-0.39, 0.29) is 24.2 Å². The maximum Gasteiger partial charge on any atom is 0.306 e. The number of hydrogen-bond acceptors (Lipinski definition) is 8. The molecule has 3 rings (SSSR count). The number of ketones is 2. The molecular weight excluding hydrogens is 344 g/mol. The van der Waals surface area contributed by atoms with Gasteiger partial charge in [0.15, 0.2) is 11.2 Å². The summed E-state index contributed by atoms with van der Waals surface area (Å²) in [5.74, 6) is -2.35. The molecule has 1 aromatic rings. The van der Waals surface area contributed by atoms with Gasteiger partial charge in [-0.2, -0.15) is 0 Å². The Morgan fingerprint density at radius 3 is 2.58 bits per heavy atom. The summed E-state index contributed by atoms with van der Waals surface area (Å²) in [6.07, 6.45) is -1.19. The number of rotatable bonds is 4. The Labute approximate surface area is 149 Å². The number of Topliss-reactive ketones (excluding diaryl/α,β-unsaturated/α-hetero) is 2. The summed E-state index contributed by atoms with van der Waals surface area (Å²) >= 11 is 0. The van der Waals surface area contributed by atoms with Crippen molar-refractivity contribution in [1.29, 1.82) is 0 Å². The molecule has 0 radical (unpaired) electrons. The van der Waals surface area contributed by atoms with Gasteiger partial charge in [0.25, 0.3) is 0 Å². The van der Waals surface area contributed by atoms with E-state index in [0.29, 0.717) is 5.56 Å². The molecule has 2 aliphatic rings. The number of aliphatic hydroxyl groups is 2. The molecule has 0 saturated carbocycles. The maximum atomic E-state index is 13.1. The van der Waals surface area contributed by atoms with E-state index in [4.69, 9.17) is 9.47 Å². The molecule has 1 fully saturated rings. The zero-order valence-corrected chi connectivity index (χ0v) is 14.4. The Kier molecular flexibility index (Phi) is 4.28. The molecule has 0 bridgehead atoms. The lowest BCUT2D eigenvalue weighted by Crippen LogP contribution is -2.69. The van der Waals surface area contributed by atoms with E-state index < -0.39 is 53.6 Å². The summed E-state index contributed by atoms with van der Waals surface area (Å²) in [5.41, 5.74) is -4.01. The van der Waals surface area contributed by atoms with Crippen LogP contribution in [-0.4, -0.2) is 50.2 Å². The lowest BCUT2D eigenvalue weighted by Gasteiger charge is -2.49. The average molecular weight is 364 g/mol. The third-order valence-corrected chi connectivity index (χ3v) is 5.07. The minimum absolute atomic E-state index is 0.0438. The van der Waals surface area contributed by atoms with Crippen molar-refractivity contribution in [2.24, 2.45) is 0 Å². The minimum atomic E-state index is -2.32. The predicted molar refractivity (Wildman–Crippen MR) is 86.8 cm³/mol. The molecule has 3 N–H and O–H groups in total. The van der Waals surface area contributed by atoms with Crippen LogP contribution >= 0.6 is 0 Å². The van der Waals surface area contributed by atoms with Crippen LogP contribution in [0.4, 0.5) is 0 Å². The predicted octanol–water partition coefficient (Wildman–Crippen LogP) is 0.634. The minimum Gasteiger partial charge on any atom is -0.507 e. The molecule has 3 atom stereocenters. The van der Waals surface area contributed by atoms with Crippen LogP contribution in [0.2, 0.25) is 0 Å². The molecule has 1 aromatic carbocycles. The number of phenols is 1. The van der Waals surface area contributed by atoms with Gasteiger partial charge in [0.2, 0.25) is 5.78 Å². The number of aliphatic hydroxyl groups excluding tert-OH is 1. The van der Waals surface area contributed by atoms with Gasteiger partial charge in [-0.15, -0.1) is 0 Å². The van der Waals surface area contributed by atoms with Crippen molar-refractivity contribution in [3.8, 4) is 11.5 Å². The normalized spacial score (nSPS) is 30.5. The number of esters is 1. The van der Waals surface area contributed by atoms with Crippen molar-refractivity contribution in [1.82, 2.24) is 0 Å². The van der Waals surface area contributed by atoms with Crippen molar-refractivity contribution in [3.63, 3.8) is 0 Å². The third kappa shape index (κ3) is 2.57. The lowest BCUT2D eigenvalue weighted by molar-refractivity contribution is -0.178. The van der Waals surface area contributed by atoms with Gasteiger partial charge in [-0.25, -0.2) is 0 Å². The summed E-state index contributed by atoms with van der Waals surface area (Å²) < 4.78 is 11.1. The fourth-order valence-electron chi connectivity index (χ4n) is 3.66. The SMILES string of the molecule is CC(=O)C[C@]1(O)C(=O)c2c(O)cc(CO)cc2O[C@@]1(C)[C@@H]1CCC(=O)O1. The molecule has 0 spiro atoms. The summed E-state index contributed by atoms with van der Waals surface area (Å²) in [6.45, 7) is 2.23. The molecule has 8 heteroatoms. The van der Waals surface area contributed by atoms with Gasteiger partial charge >= 0.3 is 5.97 Å². The first-order valence-corrected chi connectivity index (χ1v) is 8.24. The number of carbonyl (C=O) groups excluding carboxylic acids is 3. The van der Waals surface area contributed by atoms with Gasteiger partial charge in [0, 0.05) is 12.8 Å². The highest BCUT2D eigenvalue weighted by atomic mass is 16.6. The monoisotopic (exact) mass is 364 g/mol. The molecule has 0 unspecified atom stereocenters. The maximum absolute atomic E-state index is 13.1. The highest BCUT2D eigenvalue weighted by Crippen LogP contribution is 2.48. The van der Waals surface area contributed by atoms with E-state index in [0.717, 1.165) is 0 Å². The molecule has 0 aromatic heterocycles. The fourth-order valence-corrected chi connectivity index (χ4v) is 3.66. The zero-order chi connectivity index (χ0) is 19.3. The highest BCUT2D eigenvalue weighted by Gasteiger charge is 2.64. The lowest BCUT2D eigenvalue weighted by atomic mass is 9.69. The van der Waals surface area contributed by atoms with Gasteiger partial charge in [-0.05, 0) is 38.0 Å². The molecule has 26 heavy (non-hydrogen) atoms. The van der Waals surface area contributed by atoms with Gasteiger partial charge in [0.1, 0.15) is 28.9 Å². The number of carbonyl (C=O) groups is 3. The van der Waals surface area contributed by atoms with Crippen molar-refractivity contribution >= 4 is 17.5 Å². The largest absolute Gasteiger partial charge is 0.507 e. The Hall–Kier alpha value is -2.45. The molecule has 2 aliphatic heterocycles. The second kappa shape index (κ2) is 6.07. The number of hydrogen-bond donors (Lipinski definition) is 3. The van der Waals surface area contributed by atoms with Gasteiger partial charge in [0.05, 0.1) is 6.61 Å². The first-order chi connectivity index (χ1) is 12.1. The van der Waals surface area contributed by atoms with E-state index in [1.807, 2.05) is 0 Å². The highest BCUT2D eigenvalue weighted by molar-refractivity contribution is 6.10. The van der Waals surface area contributed by atoms with Crippen LogP contribution < -0.4 is 4.74 Å². The zero-order valence-electron chi connectivity index (χ0n) is 14.4. The van der Waals surface area contributed by atoms with E-state index in [2.05, 4.69) is 0 Å². The first-order valence-electron chi connectivity index (χ1n) is 8.24. The van der Waals surface area contributed by atoms with Crippen LogP contribution in [0.1, 0.15) is 49.0 Å². The Morgan fingerprint density at radius 2 is 2.04 bits per heavy atom. The quantitative estimate of drug-likeness (QED) is 0.663. The number of fused-ring (bicyclic) bond motifs is 1. The van der Waals surface area contributed by atoms with Crippen LogP contribution in [0.25, 0.3) is 0 Å². The van der Waals surface area contributed by atoms with Crippen LogP contribution in [0.3, 0.4) is 0 Å². The van der Waals surface area contributed by atoms with Crippen molar-refractivity contribution < 1.29 is 39.2 Å². The van der Waals surface area contributed by atoms with Crippen molar-refractivity contribution in [2.45, 2.75) is 57.0 Å². The molecule has 0 aliphatic carbocycles. The standard InChI is InChI=1S/C18H20O8/c1-9(20)7-18(24)16(23)15-11(21)5-10(8-19)6-12(15)26-17(18,2)13-3-4-14(22)25-13/h5-6,13,19,21,24H,3-4,7-8H2,1-2H3/t13-,17-,18-/m0/s1. The Bertz CT molecular complexity index is 801. The first kappa shape index (κ1) is 18.3. The molecule has 1 saturated heterocycles. The molecule has 140 valence electrons. The van der Waals surface area contributed by atoms with E-state index in [1.165, 1.54) is 26.0 Å². The van der Waals surface area contributed by atoms with E-state index in [9.17, 15) is 29.7 Å². The second-order valence-electron chi connectivity index (χ2n) is 6.94. The van der Waals surface area contributed by atoms with Crippen LogP contribution in [-0.2, 0) is 20.9 Å². The van der Waals surface area contributed by atoms with Crippen LogP contribution in [0.5, 0.6) is 11.5 Å². The van der Waals surface area contributed by atoms with Crippen LogP contribution in [0.15, 0.2) is 12.1 Å².